The number of carbonyl (C=O) groups excluding carboxylic acids is 1. The van der Waals surface area contributed by atoms with Crippen molar-refractivity contribution in [2.75, 3.05) is 5.75 Å². The van der Waals surface area contributed by atoms with Crippen LogP contribution >= 0.6 is 11.8 Å². The molecule has 1 amide bonds. The largest absolute Gasteiger partial charge is 0.352 e. The lowest BCUT2D eigenvalue weighted by molar-refractivity contribution is -0.123. The van der Waals surface area contributed by atoms with E-state index in [0.717, 1.165) is 28.6 Å². The van der Waals surface area contributed by atoms with Crippen molar-refractivity contribution in [3.05, 3.63) is 11.4 Å². The lowest BCUT2D eigenvalue weighted by atomic mass is 9.48. The molecular formula is C22H33N3OS. The smallest absolute Gasteiger partial charge is 0.230 e. The Balaban J connectivity index is 1.21. The van der Waals surface area contributed by atoms with E-state index in [1.807, 2.05) is 0 Å². The van der Waals surface area contributed by atoms with Crippen LogP contribution in [0.4, 0.5) is 0 Å². The summed E-state index contributed by atoms with van der Waals surface area (Å²) in [4.78, 5) is 17.5. The Hall–Kier alpha value is -0.970. The van der Waals surface area contributed by atoms with E-state index in [-0.39, 0.29) is 5.91 Å². The molecule has 5 heteroatoms. The number of hydrogen-bond acceptors (Lipinski definition) is 3. The normalized spacial score (nSPS) is 35.4. The summed E-state index contributed by atoms with van der Waals surface area (Å²) in [6.45, 7) is 6.50. The van der Waals surface area contributed by atoms with Crippen molar-refractivity contribution < 1.29 is 4.79 Å². The number of hydrogen-bond donors (Lipinski definition) is 1. The zero-order chi connectivity index (χ0) is 18.8. The van der Waals surface area contributed by atoms with Crippen molar-refractivity contribution in [3.8, 4) is 0 Å². The lowest BCUT2D eigenvalue weighted by Crippen LogP contribution is -2.56. The van der Waals surface area contributed by atoms with Gasteiger partial charge in [0.25, 0.3) is 0 Å². The van der Waals surface area contributed by atoms with E-state index in [0.29, 0.717) is 23.3 Å². The Bertz CT molecular complexity index is 716. The maximum Gasteiger partial charge on any atom is 0.230 e. The minimum atomic E-state index is 0.184. The minimum Gasteiger partial charge on any atom is -0.352 e. The number of nitrogens with zero attached hydrogens (tertiary/aromatic N) is 2. The van der Waals surface area contributed by atoms with E-state index in [1.165, 1.54) is 57.1 Å². The summed E-state index contributed by atoms with van der Waals surface area (Å²) >= 11 is 1.62. The molecule has 5 fully saturated rings. The van der Waals surface area contributed by atoms with Gasteiger partial charge < -0.3 is 9.88 Å². The van der Waals surface area contributed by atoms with Crippen molar-refractivity contribution in [1.82, 2.24) is 14.9 Å². The van der Waals surface area contributed by atoms with Crippen LogP contribution in [0.1, 0.15) is 75.7 Å². The fraction of sp³-hybridized carbons (Fsp3) is 0.818. The van der Waals surface area contributed by atoms with Crippen LogP contribution in [0.2, 0.25) is 0 Å². The van der Waals surface area contributed by atoms with E-state index in [2.05, 4.69) is 30.7 Å². The molecule has 0 saturated heterocycles. The third-order valence-electron chi connectivity index (χ3n) is 7.98. The van der Waals surface area contributed by atoms with Crippen LogP contribution in [0.3, 0.4) is 0 Å². The highest BCUT2D eigenvalue weighted by atomic mass is 32.2. The molecule has 27 heavy (non-hydrogen) atoms. The van der Waals surface area contributed by atoms with E-state index < -0.39 is 0 Å². The van der Waals surface area contributed by atoms with Crippen LogP contribution < -0.4 is 5.32 Å². The monoisotopic (exact) mass is 387 g/mol. The van der Waals surface area contributed by atoms with Crippen LogP contribution in [0.25, 0.3) is 0 Å². The SMILES string of the molecule is Cc1nc(SCC(=O)NC(C)C23CC4CC(CC(C4)C2)C3)n(C2CC2)c1C. The third-order valence-corrected chi connectivity index (χ3v) is 8.93. The Labute approximate surface area is 167 Å². The number of aryl methyl sites for hydroxylation is 1. The molecular weight excluding hydrogens is 354 g/mol. The maximum absolute atomic E-state index is 12.7. The van der Waals surface area contributed by atoms with Crippen molar-refractivity contribution in [2.24, 2.45) is 23.2 Å². The number of carbonyl (C=O) groups is 1. The first-order chi connectivity index (χ1) is 12.9. The molecule has 4 bridgehead atoms. The summed E-state index contributed by atoms with van der Waals surface area (Å²) < 4.78 is 2.36. The quantitative estimate of drug-likeness (QED) is 0.723. The van der Waals surface area contributed by atoms with E-state index in [1.54, 1.807) is 11.8 Å². The second-order valence-corrected chi connectivity index (χ2v) is 11.0. The summed E-state index contributed by atoms with van der Waals surface area (Å²) in [5.41, 5.74) is 2.75. The Morgan fingerprint density at radius 2 is 1.78 bits per heavy atom. The maximum atomic E-state index is 12.7. The van der Waals surface area contributed by atoms with Gasteiger partial charge in [0.1, 0.15) is 0 Å². The number of aromatic nitrogens is 2. The molecule has 5 aliphatic rings. The Morgan fingerprint density at radius 1 is 1.19 bits per heavy atom. The predicted molar refractivity (Wildman–Crippen MR) is 109 cm³/mol. The highest BCUT2D eigenvalue weighted by molar-refractivity contribution is 7.99. The fourth-order valence-electron chi connectivity index (χ4n) is 6.73. The molecule has 5 saturated carbocycles. The highest BCUT2D eigenvalue weighted by Crippen LogP contribution is 2.61. The van der Waals surface area contributed by atoms with Crippen molar-refractivity contribution >= 4 is 17.7 Å². The molecule has 1 N–H and O–H groups in total. The van der Waals surface area contributed by atoms with Gasteiger partial charge in [-0.3, -0.25) is 4.79 Å². The first-order valence-electron chi connectivity index (χ1n) is 10.9. The van der Waals surface area contributed by atoms with Gasteiger partial charge in [0.15, 0.2) is 5.16 Å². The molecule has 1 unspecified atom stereocenters. The number of thioether (sulfide) groups is 1. The summed E-state index contributed by atoms with van der Waals surface area (Å²) in [6.07, 6.45) is 10.9. The van der Waals surface area contributed by atoms with E-state index in [9.17, 15) is 4.79 Å². The Morgan fingerprint density at radius 3 is 2.33 bits per heavy atom. The second kappa shape index (κ2) is 6.53. The van der Waals surface area contributed by atoms with Crippen LogP contribution in [-0.4, -0.2) is 27.3 Å². The first kappa shape index (κ1) is 18.1. The molecule has 1 aromatic rings. The van der Waals surface area contributed by atoms with Gasteiger partial charge >= 0.3 is 0 Å². The van der Waals surface area contributed by atoms with Gasteiger partial charge in [-0.15, -0.1) is 0 Å². The van der Waals surface area contributed by atoms with Gasteiger partial charge in [-0.1, -0.05) is 11.8 Å². The van der Waals surface area contributed by atoms with Crippen LogP contribution in [0.5, 0.6) is 0 Å². The van der Waals surface area contributed by atoms with Gasteiger partial charge in [-0.25, -0.2) is 4.98 Å². The van der Waals surface area contributed by atoms with Gasteiger partial charge in [0.05, 0.1) is 11.4 Å². The molecule has 1 heterocycles. The summed E-state index contributed by atoms with van der Waals surface area (Å²) in [6, 6.07) is 0.924. The number of imidazole rings is 1. The first-order valence-corrected chi connectivity index (χ1v) is 11.9. The molecule has 4 nitrogen and oxygen atoms in total. The molecule has 148 valence electrons. The minimum absolute atomic E-state index is 0.184. The molecule has 0 spiro atoms. The average molecular weight is 388 g/mol. The number of nitrogens with one attached hydrogen (secondary N) is 1. The molecule has 0 radical (unpaired) electrons. The van der Waals surface area contributed by atoms with Crippen molar-refractivity contribution in [2.45, 2.75) is 89.4 Å². The van der Waals surface area contributed by atoms with Gasteiger partial charge in [0, 0.05) is 17.8 Å². The van der Waals surface area contributed by atoms with Crippen molar-refractivity contribution in [1.29, 1.82) is 0 Å². The molecule has 1 atom stereocenters. The third kappa shape index (κ3) is 3.24. The number of amides is 1. The average Bonchev–Trinajstić information content (AvgIpc) is 3.39. The van der Waals surface area contributed by atoms with E-state index >= 15 is 0 Å². The second-order valence-electron chi connectivity index (χ2n) is 10.0. The summed E-state index contributed by atoms with van der Waals surface area (Å²) in [5, 5.41) is 4.43. The van der Waals surface area contributed by atoms with Crippen LogP contribution in [-0.2, 0) is 4.79 Å². The van der Waals surface area contributed by atoms with Crippen LogP contribution in [0.15, 0.2) is 5.16 Å². The fourth-order valence-corrected chi connectivity index (χ4v) is 7.71. The molecule has 6 rings (SSSR count). The Kier molecular flexibility index (Phi) is 4.38. The molecule has 1 aromatic heterocycles. The van der Waals surface area contributed by atoms with Gasteiger partial charge in [0.2, 0.25) is 5.91 Å². The lowest BCUT2D eigenvalue weighted by Gasteiger charge is -2.59. The summed E-state index contributed by atoms with van der Waals surface area (Å²) in [5.74, 6) is 3.47. The summed E-state index contributed by atoms with van der Waals surface area (Å²) in [7, 11) is 0. The standard InChI is InChI=1S/C22H33N3OS/c1-13-14(2)25(19-4-5-19)21(23-13)27-12-20(26)24-15(3)22-9-16-6-17(10-22)8-18(7-16)11-22/h15-19H,4-12H2,1-3H3,(H,24,26). The van der Waals surface area contributed by atoms with Gasteiger partial charge in [-0.05, 0) is 95.3 Å². The van der Waals surface area contributed by atoms with Gasteiger partial charge in [-0.2, -0.15) is 0 Å². The zero-order valence-electron chi connectivity index (χ0n) is 17.0. The zero-order valence-corrected chi connectivity index (χ0v) is 17.8. The highest BCUT2D eigenvalue weighted by Gasteiger charge is 2.53. The molecule has 0 aromatic carbocycles. The van der Waals surface area contributed by atoms with Crippen molar-refractivity contribution in [3.63, 3.8) is 0 Å². The molecule has 0 aliphatic heterocycles. The number of rotatable bonds is 6. The van der Waals surface area contributed by atoms with E-state index in [4.69, 9.17) is 4.98 Å². The topological polar surface area (TPSA) is 46.9 Å². The predicted octanol–water partition coefficient (Wildman–Crippen LogP) is 4.65. The molecule has 5 aliphatic carbocycles. The van der Waals surface area contributed by atoms with Crippen LogP contribution in [0, 0.1) is 37.0 Å².